The Hall–Kier alpha value is -3.43. The Balaban J connectivity index is 1.57. The number of halogens is 4. The molecule has 1 heterocycles. The van der Waals surface area contributed by atoms with Crippen LogP contribution in [0.25, 0.3) is 0 Å². The molecule has 2 N–H and O–H groups in total. The number of benzene rings is 2. The number of rotatable bonds is 4. The lowest BCUT2D eigenvalue weighted by atomic mass is 10.1. The summed E-state index contributed by atoms with van der Waals surface area (Å²) in [6.45, 7) is 0. The maximum absolute atomic E-state index is 12.9. The fraction of sp³-hybridized carbons (Fsp3) is 0.118. The number of nitrogens with zero attached hydrogens (tertiary/aromatic N) is 2. The lowest BCUT2D eigenvalue weighted by Crippen LogP contribution is -2.19. The largest absolute Gasteiger partial charge is 0.416 e. The van der Waals surface area contributed by atoms with Gasteiger partial charge in [0, 0.05) is 5.69 Å². The zero-order valence-corrected chi connectivity index (χ0v) is 13.5. The predicted molar refractivity (Wildman–Crippen MR) is 87.6 cm³/mol. The molecule has 2 aromatic carbocycles. The Bertz CT molecular complexity index is 921. The lowest BCUT2D eigenvalue weighted by Gasteiger charge is -2.08. The number of aromatic nitrogens is 2. The van der Waals surface area contributed by atoms with E-state index in [4.69, 9.17) is 4.42 Å². The monoisotopic (exact) mass is 380 g/mol. The van der Waals surface area contributed by atoms with Crippen molar-refractivity contribution in [2.45, 2.75) is 12.6 Å². The van der Waals surface area contributed by atoms with E-state index in [1.165, 1.54) is 12.1 Å². The molecule has 0 aliphatic rings. The third-order valence-corrected chi connectivity index (χ3v) is 3.43. The molecule has 0 bridgehead atoms. The van der Waals surface area contributed by atoms with Crippen LogP contribution < -0.4 is 10.6 Å². The molecular weight excluding hydrogens is 368 g/mol. The van der Waals surface area contributed by atoms with Crippen LogP contribution >= 0.6 is 0 Å². The zero-order valence-electron chi connectivity index (χ0n) is 13.5. The van der Waals surface area contributed by atoms with Gasteiger partial charge < -0.3 is 9.73 Å². The second-order valence-electron chi connectivity index (χ2n) is 5.46. The van der Waals surface area contributed by atoms with Crippen LogP contribution in [0.1, 0.15) is 17.0 Å². The van der Waals surface area contributed by atoms with Crippen LogP contribution in [0.3, 0.4) is 0 Å². The van der Waals surface area contributed by atoms with Gasteiger partial charge in [-0.1, -0.05) is 17.2 Å². The van der Waals surface area contributed by atoms with E-state index in [-0.39, 0.29) is 29.8 Å². The van der Waals surface area contributed by atoms with Crippen molar-refractivity contribution in [1.82, 2.24) is 10.2 Å². The first-order chi connectivity index (χ1) is 12.8. The molecule has 0 saturated heterocycles. The first kappa shape index (κ1) is 18.4. The number of anilines is 2. The fourth-order valence-corrected chi connectivity index (χ4v) is 2.15. The van der Waals surface area contributed by atoms with Crippen molar-refractivity contribution in [2.24, 2.45) is 0 Å². The molecule has 2 amide bonds. The van der Waals surface area contributed by atoms with Crippen LogP contribution in [-0.2, 0) is 12.6 Å². The van der Waals surface area contributed by atoms with E-state index in [0.29, 0.717) is 0 Å². The van der Waals surface area contributed by atoms with Crippen molar-refractivity contribution in [1.29, 1.82) is 0 Å². The SMILES string of the molecule is O=C(Nc1ccc(C(F)(F)F)cc1)Nc1nnc(Cc2ccc(F)cc2)o1. The van der Waals surface area contributed by atoms with Crippen molar-refractivity contribution in [3.05, 3.63) is 71.4 Å². The lowest BCUT2D eigenvalue weighted by molar-refractivity contribution is -0.137. The van der Waals surface area contributed by atoms with E-state index < -0.39 is 17.8 Å². The van der Waals surface area contributed by atoms with E-state index in [2.05, 4.69) is 20.8 Å². The Kier molecular flexibility index (Phi) is 5.06. The summed E-state index contributed by atoms with van der Waals surface area (Å²) in [5, 5.41) is 12.0. The number of nitrogens with one attached hydrogen (secondary N) is 2. The number of carbonyl (C=O) groups excluding carboxylic acids is 1. The smallest absolute Gasteiger partial charge is 0.407 e. The molecule has 0 aliphatic carbocycles. The molecule has 27 heavy (non-hydrogen) atoms. The van der Waals surface area contributed by atoms with Gasteiger partial charge in [0.1, 0.15) is 5.82 Å². The molecule has 1 aromatic heterocycles. The average molecular weight is 380 g/mol. The van der Waals surface area contributed by atoms with Crippen LogP contribution in [0, 0.1) is 5.82 Å². The van der Waals surface area contributed by atoms with Gasteiger partial charge >= 0.3 is 18.2 Å². The highest BCUT2D eigenvalue weighted by Crippen LogP contribution is 2.29. The van der Waals surface area contributed by atoms with Crippen LogP contribution in [0.2, 0.25) is 0 Å². The standard InChI is InChI=1S/C17H12F4N4O2/c18-12-5-1-10(2-6-12)9-14-24-25-16(27-14)23-15(26)22-13-7-3-11(4-8-13)17(19,20)21/h1-8H,9H2,(H2,22,23,25,26). The molecular formula is C17H12F4N4O2. The molecule has 0 atom stereocenters. The quantitative estimate of drug-likeness (QED) is 0.655. The van der Waals surface area contributed by atoms with Gasteiger partial charge in [-0.05, 0) is 42.0 Å². The number of alkyl halides is 3. The van der Waals surface area contributed by atoms with Gasteiger partial charge in [-0.3, -0.25) is 5.32 Å². The maximum atomic E-state index is 12.9. The van der Waals surface area contributed by atoms with E-state index in [0.717, 1.165) is 29.8 Å². The van der Waals surface area contributed by atoms with Crippen molar-refractivity contribution in [3.63, 3.8) is 0 Å². The van der Waals surface area contributed by atoms with Gasteiger partial charge in [0.05, 0.1) is 12.0 Å². The molecule has 0 spiro atoms. The topological polar surface area (TPSA) is 80.0 Å². The molecule has 140 valence electrons. The fourth-order valence-electron chi connectivity index (χ4n) is 2.15. The molecule has 0 saturated carbocycles. The van der Waals surface area contributed by atoms with Gasteiger partial charge in [0.2, 0.25) is 5.89 Å². The number of hydrogen-bond acceptors (Lipinski definition) is 4. The molecule has 10 heteroatoms. The number of carbonyl (C=O) groups is 1. The van der Waals surface area contributed by atoms with Crippen molar-refractivity contribution < 1.29 is 26.8 Å². The Morgan fingerprint density at radius 3 is 2.26 bits per heavy atom. The molecule has 0 aliphatic heterocycles. The molecule has 0 unspecified atom stereocenters. The van der Waals surface area contributed by atoms with Crippen LogP contribution in [-0.4, -0.2) is 16.2 Å². The average Bonchev–Trinajstić information content (AvgIpc) is 3.03. The van der Waals surface area contributed by atoms with Gasteiger partial charge in [-0.25, -0.2) is 9.18 Å². The Morgan fingerprint density at radius 1 is 0.963 bits per heavy atom. The summed E-state index contributed by atoms with van der Waals surface area (Å²) < 4.78 is 55.6. The number of hydrogen-bond donors (Lipinski definition) is 2. The zero-order chi connectivity index (χ0) is 19.4. The van der Waals surface area contributed by atoms with E-state index in [9.17, 15) is 22.4 Å². The minimum atomic E-state index is -4.45. The predicted octanol–water partition coefficient (Wildman–Crippen LogP) is 4.46. The van der Waals surface area contributed by atoms with E-state index in [1.807, 2.05) is 0 Å². The first-order valence-electron chi connectivity index (χ1n) is 7.62. The van der Waals surface area contributed by atoms with E-state index >= 15 is 0 Å². The summed E-state index contributed by atoms with van der Waals surface area (Å²) in [6, 6.07) is 8.71. The highest BCUT2D eigenvalue weighted by molar-refractivity contribution is 5.98. The third kappa shape index (κ3) is 5.03. The first-order valence-corrected chi connectivity index (χ1v) is 7.62. The number of amides is 2. The van der Waals surface area contributed by atoms with Crippen molar-refractivity contribution in [2.75, 3.05) is 10.6 Å². The third-order valence-electron chi connectivity index (χ3n) is 3.43. The summed E-state index contributed by atoms with van der Waals surface area (Å²) in [4.78, 5) is 11.9. The van der Waals surface area contributed by atoms with Crippen LogP contribution in [0.4, 0.5) is 34.1 Å². The number of urea groups is 1. The van der Waals surface area contributed by atoms with Gasteiger partial charge in [0.15, 0.2) is 0 Å². The summed E-state index contributed by atoms with van der Waals surface area (Å²) in [7, 11) is 0. The summed E-state index contributed by atoms with van der Waals surface area (Å²) in [5.74, 6) is -0.169. The summed E-state index contributed by atoms with van der Waals surface area (Å²) >= 11 is 0. The molecule has 0 fully saturated rings. The molecule has 3 aromatic rings. The Labute approximate surface area is 150 Å². The summed E-state index contributed by atoms with van der Waals surface area (Å²) in [5.41, 5.74) is 0.0724. The van der Waals surface area contributed by atoms with Gasteiger partial charge in [-0.15, -0.1) is 5.10 Å². The minimum absolute atomic E-state index is 0.159. The van der Waals surface area contributed by atoms with Gasteiger partial charge in [0.25, 0.3) is 0 Å². The second kappa shape index (κ2) is 7.44. The Morgan fingerprint density at radius 2 is 1.63 bits per heavy atom. The maximum Gasteiger partial charge on any atom is 0.416 e. The highest BCUT2D eigenvalue weighted by atomic mass is 19.4. The highest BCUT2D eigenvalue weighted by Gasteiger charge is 2.30. The molecule has 6 nitrogen and oxygen atoms in total. The minimum Gasteiger partial charge on any atom is -0.407 e. The van der Waals surface area contributed by atoms with Gasteiger partial charge in [-0.2, -0.15) is 13.2 Å². The molecule has 3 rings (SSSR count). The normalized spacial score (nSPS) is 11.3. The van der Waals surface area contributed by atoms with Crippen LogP contribution in [0.15, 0.2) is 52.9 Å². The van der Waals surface area contributed by atoms with Crippen molar-refractivity contribution in [3.8, 4) is 0 Å². The van der Waals surface area contributed by atoms with E-state index in [1.54, 1.807) is 12.1 Å². The second-order valence-corrected chi connectivity index (χ2v) is 5.46. The summed E-state index contributed by atoms with van der Waals surface area (Å²) in [6.07, 6.45) is -4.21. The van der Waals surface area contributed by atoms with Crippen LogP contribution in [0.5, 0.6) is 0 Å². The van der Waals surface area contributed by atoms with Crippen molar-refractivity contribution >= 4 is 17.7 Å². The molecule has 0 radical (unpaired) electrons.